The summed E-state index contributed by atoms with van der Waals surface area (Å²) in [5, 5.41) is 8.74. The number of aryl methyl sites for hydroxylation is 1. The third-order valence-corrected chi connectivity index (χ3v) is 3.80. The first-order chi connectivity index (χ1) is 9.02. The average Bonchev–Trinajstić information content (AvgIpc) is 2.72. The molecular weight excluding hydrogens is 264 g/mol. The molecule has 2 N–H and O–H groups in total. The summed E-state index contributed by atoms with van der Waals surface area (Å²) in [5.41, 5.74) is 6.94. The fourth-order valence-corrected chi connectivity index (χ4v) is 2.36. The van der Waals surface area contributed by atoms with Gasteiger partial charge in [-0.1, -0.05) is 0 Å². The lowest BCUT2D eigenvalue weighted by atomic mass is 10.2. The fourth-order valence-electron chi connectivity index (χ4n) is 1.44. The number of rotatable bonds is 3. The van der Waals surface area contributed by atoms with Crippen LogP contribution in [0.15, 0.2) is 28.3 Å². The van der Waals surface area contributed by atoms with E-state index in [-0.39, 0.29) is 0 Å². The molecule has 19 heavy (non-hydrogen) atoms. The van der Waals surface area contributed by atoms with Crippen molar-refractivity contribution >= 4 is 23.4 Å². The van der Waals surface area contributed by atoms with Gasteiger partial charge in [-0.2, -0.15) is 0 Å². The number of carbonyl (C=O) groups excluding carboxylic acids is 1. The number of aromatic nitrogens is 3. The largest absolute Gasteiger partial charge is 0.465 e. The number of nitrogen functional groups attached to an aromatic ring is 1. The van der Waals surface area contributed by atoms with E-state index >= 15 is 0 Å². The van der Waals surface area contributed by atoms with Crippen LogP contribution < -0.4 is 5.73 Å². The summed E-state index contributed by atoms with van der Waals surface area (Å²) in [7, 11) is 3.22. The second kappa shape index (κ2) is 5.31. The van der Waals surface area contributed by atoms with Crippen molar-refractivity contribution in [2.24, 2.45) is 7.05 Å². The molecule has 0 aliphatic carbocycles. The summed E-state index contributed by atoms with van der Waals surface area (Å²) < 4.78 is 6.54. The summed E-state index contributed by atoms with van der Waals surface area (Å²) in [6.07, 6.45) is 0. The standard InChI is InChI=1S/C12H14N4O2S/c1-7-14-15-12(16(7)2)19-10-6-8(11(17)18-3)4-5-9(10)13/h4-6H,13H2,1-3H3. The van der Waals surface area contributed by atoms with Crippen molar-refractivity contribution < 1.29 is 9.53 Å². The average molecular weight is 278 g/mol. The minimum Gasteiger partial charge on any atom is -0.465 e. The zero-order valence-electron chi connectivity index (χ0n) is 10.9. The van der Waals surface area contributed by atoms with Gasteiger partial charge in [0.1, 0.15) is 5.82 Å². The Kier molecular flexibility index (Phi) is 3.75. The Morgan fingerprint density at radius 2 is 2.16 bits per heavy atom. The van der Waals surface area contributed by atoms with Crippen molar-refractivity contribution in [3.05, 3.63) is 29.6 Å². The zero-order valence-corrected chi connectivity index (χ0v) is 11.7. The molecule has 0 saturated heterocycles. The Labute approximate surface area is 115 Å². The first-order valence-electron chi connectivity index (χ1n) is 5.54. The normalized spacial score (nSPS) is 10.5. The number of nitrogens with zero attached hydrogens (tertiary/aromatic N) is 3. The quantitative estimate of drug-likeness (QED) is 0.679. The Balaban J connectivity index is 2.34. The van der Waals surface area contributed by atoms with E-state index in [1.807, 2.05) is 18.5 Å². The third-order valence-electron chi connectivity index (χ3n) is 2.69. The molecule has 2 rings (SSSR count). The van der Waals surface area contributed by atoms with Crippen LogP contribution >= 0.6 is 11.8 Å². The van der Waals surface area contributed by atoms with Crippen LogP contribution in [-0.4, -0.2) is 27.8 Å². The topological polar surface area (TPSA) is 83.0 Å². The Bertz CT molecular complexity index is 624. The maximum atomic E-state index is 11.5. The Morgan fingerprint density at radius 3 is 2.74 bits per heavy atom. The van der Waals surface area contributed by atoms with E-state index in [0.717, 1.165) is 10.7 Å². The molecule has 0 radical (unpaired) electrons. The Morgan fingerprint density at radius 1 is 1.42 bits per heavy atom. The van der Waals surface area contributed by atoms with Crippen molar-refractivity contribution in [3.8, 4) is 0 Å². The highest BCUT2D eigenvalue weighted by Crippen LogP contribution is 2.31. The van der Waals surface area contributed by atoms with Crippen molar-refractivity contribution in [1.29, 1.82) is 0 Å². The van der Waals surface area contributed by atoms with Gasteiger partial charge in [0.25, 0.3) is 0 Å². The fraction of sp³-hybridized carbons (Fsp3) is 0.250. The molecule has 0 spiro atoms. The molecule has 1 heterocycles. The van der Waals surface area contributed by atoms with E-state index in [9.17, 15) is 4.79 Å². The van der Waals surface area contributed by atoms with E-state index in [0.29, 0.717) is 16.4 Å². The molecule has 0 aliphatic rings. The van der Waals surface area contributed by atoms with E-state index < -0.39 is 5.97 Å². The minimum atomic E-state index is -0.393. The van der Waals surface area contributed by atoms with E-state index in [4.69, 9.17) is 5.73 Å². The first-order valence-corrected chi connectivity index (χ1v) is 6.36. The molecule has 0 aliphatic heterocycles. The monoisotopic (exact) mass is 278 g/mol. The molecule has 7 heteroatoms. The van der Waals surface area contributed by atoms with Gasteiger partial charge in [0, 0.05) is 17.6 Å². The van der Waals surface area contributed by atoms with Crippen LogP contribution in [-0.2, 0) is 11.8 Å². The summed E-state index contributed by atoms with van der Waals surface area (Å²) in [5.74, 6) is 0.418. The highest BCUT2D eigenvalue weighted by atomic mass is 32.2. The van der Waals surface area contributed by atoms with Crippen molar-refractivity contribution in [2.45, 2.75) is 17.0 Å². The molecule has 0 bridgehead atoms. The van der Waals surface area contributed by atoms with Gasteiger partial charge in [0.2, 0.25) is 0 Å². The van der Waals surface area contributed by atoms with Gasteiger partial charge in [0.05, 0.1) is 12.7 Å². The van der Waals surface area contributed by atoms with E-state index in [1.54, 1.807) is 18.2 Å². The zero-order chi connectivity index (χ0) is 14.0. The van der Waals surface area contributed by atoms with Crippen LogP contribution in [0, 0.1) is 6.92 Å². The number of carbonyl (C=O) groups is 1. The van der Waals surface area contributed by atoms with Gasteiger partial charge >= 0.3 is 5.97 Å². The summed E-state index contributed by atoms with van der Waals surface area (Å²) in [4.78, 5) is 12.2. The number of methoxy groups -OCH3 is 1. The molecule has 1 aromatic carbocycles. The van der Waals surface area contributed by atoms with Crippen LogP contribution in [0.25, 0.3) is 0 Å². The molecular formula is C12H14N4O2S. The number of benzene rings is 1. The molecule has 100 valence electrons. The predicted octanol–water partition coefficient (Wildman–Crippen LogP) is 1.64. The second-order valence-corrected chi connectivity index (χ2v) is 4.94. The van der Waals surface area contributed by atoms with Crippen molar-refractivity contribution in [1.82, 2.24) is 14.8 Å². The van der Waals surface area contributed by atoms with Gasteiger partial charge in [0.15, 0.2) is 5.16 Å². The van der Waals surface area contributed by atoms with Crippen LogP contribution in [0.4, 0.5) is 5.69 Å². The van der Waals surface area contributed by atoms with Crippen LogP contribution in [0.2, 0.25) is 0 Å². The number of hydrogen-bond acceptors (Lipinski definition) is 6. The summed E-state index contributed by atoms with van der Waals surface area (Å²) >= 11 is 1.36. The van der Waals surface area contributed by atoms with Gasteiger partial charge in [-0.3, -0.25) is 0 Å². The summed E-state index contributed by atoms with van der Waals surface area (Å²) in [6, 6.07) is 5.00. The molecule has 0 atom stereocenters. The van der Waals surface area contributed by atoms with Crippen molar-refractivity contribution in [2.75, 3.05) is 12.8 Å². The van der Waals surface area contributed by atoms with Gasteiger partial charge in [-0.05, 0) is 36.9 Å². The molecule has 6 nitrogen and oxygen atoms in total. The molecule has 1 aromatic heterocycles. The molecule has 0 fully saturated rings. The highest BCUT2D eigenvalue weighted by Gasteiger charge is 2.12. The van der Waals surface area contributed by atoms with Crippen molar-refractivity contribution in [3.63, 3.8) is 0 Å². The first kappa shape index (κ1) is 13.4. The number of ether oxygens (including phenoxy) is 1. The van der Waals surface area contributed by atoms with E-state index in [2.05, 4.69) is 14.9 Å². The number of anilines is 1. The van der Waals surface area contributed by atoms with E-state index in [1.165, 1.54) is 18.9 Å². The van der Waals surface area contributed by atoms with Crippen LogP contribution in [0.1, 0.15) is 16.2 Å². The SMILES string of the molecule is COC(=O)c1ccc(N)c(Sc2nnc(C)n2C)c1. The van der Waals surface area contributed by atoms with Gasteiger partial charge in [-0.25, -0.2) is 4.79 Å². The molecule has 0 unspecified atom stereocenters. The molecule has 0 saturated carbocycles. The van der Waals surface area contributed by atoms with Crippen LogP contribution in [0.3, 0.4) is 0 Å². The van der Waals surface area contributed by atoms with Gasteiger partial charge in [-0.15, -0.1) is 10.2 Å². The van der Waals surface area contributed by atoms with Gasteiger partial charge < -0.3 is 15.0 Å². The number of hydrogen-bond donors (Lipinski definition) is 1. The molecule has 0 amide bonds. The third kappa shape index (κ3) is 2.70. The predicted molar refractivity (Wildman–Crippen MR) is 72.1 cm³/mol. The lowest BCUT2D eigenvalue weighted by Gasteiger charge is -2.07. The lowest BCUT2D eigenvalue weighted by Crippen LogP contribution is -2.02. The highest BCUT2D eigenvalue weighted by molar-refractivity contribution is 7.99. The Hall–Kier alpha value is -2.02. The number of esters is 1. The maximum Gasteiger partial charge on any atom is 0.337 e. The van der Waals surface area contributed by atoms with Crippen LogP contribution in [0.5, 0.6) is 0 Å². The second-order valence-electron chi connectivity index (χ2n) is 3.94. The number of nitrogens with two attached hydrogens (primary N) is 1. The maximum absolute atomic E-state index is 11.5. The smallest absolute Gasteiger partial charge is 0.337 e. The molecule has 2 aromatic rings. The summed E-state index contributed by atoms with van der Waals surface area (Å²) in [6.45, 7) is 1.87. The lowest BCUT2D eigenvalue weighted by molar-refractivity contribution is 0.0600. The minimum absolute atomic E-state index is 0.393.